The van der Waals surface area contributed by atoms with Crippen molar-refractivity contribution >= 4 is 21.1 Å². The third kappa shape index (κ3) is 1.99. The lowest BCUT2D eigenvalue weighted by Crippen LogP contribution is -2.43. The quantitative estimate of drug-likeness (QED) is 0.883. The Hall–Kier alpha value is -1.57. The topological polar surface area (TPSA) is 71.8 Å². The summed E-state index contributed by atoms with van der Waals surface area (Å²) in [7, 11) is -3.76. The molecule has 1 aromatic heterocycles. The van der Waals surface area contributed by atoms with Gasteiger partial charge in [0.05, 0.1) is 18.7 Å². The fourth-order valence-electron chi connectivity index (χ4n) is 2.25. The molecule has 6 nitrogen and oxygen atoms in total. The first-order valence-corrected chi connectivity index (χ1v) is 7.38. The van der Waals surface area contributed by atoms with E-state index in [1.165, 1.54) is 10.4 Å². The van der Waals surface area contributed by atoms with Crippen LogP contribution in [0.4, 0.5) is 0 Å². The number of nitrogens with zero attached hydrogens (tertiary/aromatic N) is 2. The molecule has 0 saturated carbocycles. The van der Waals surface area contributed by atoms with Crippen LogP contribution in [0.1, 0.15) is 0 Å². The Morgan fingerprint density at radius 1 is 1.16 bits per heavy atom. The molecule has 1 aromatic carbocycles. The molecule has 1 saturated heterocycles. The molecule has 1 aliphatic heterocycles. The number of para-hydroxylation sites is 1. The second-order valence-corrected chi connectivity index (χ2v) is 6.12. The predicted molar refractivity (Wildman–Crippen MR) is 70.3 cm³/mol. The van der Waals surface area contributed by atoms with Gasteiger partial charge in [-0.25, -0.2) is 0 Å². The lowest BCUT2D eigenvalue weighted by atomic mass is 10.3. The zero-order valence-corrected chi connectivity index (χ0v) is 11.0. The summed E-state index contributed by atoms with van der Waals surface area (Å²) in [6.45, 7) is 1.35. The van der Waals surface area contributed by atoms with Crippen LogP contribution < -0.4 is 0 Å². The number of hydrogen-bond donors (Lipinski definition) is 1. The van der Waals surface area contributed by atoms with Gasteiger partial charge in [-0.15, -0.1) is 0 Å². The van der Waals surface area contributed by atoms with Gasteiger partial charge in [0.15, 0.2) is 0 Å². The molecule has 2 heterocycles. The second kappa shape index (κ2) is 4.52. The van der Waals surface area contributed by atoms with Gasteiger partial charge in [0.25, 0.3) is 0 Å². The number of fused-ring (bicyclic) bond motifs is 1. The van der Waals surface area contributed by atoms with Gasteiger partial charge in [0.1, 0.15) is 0 Å². The molecule has 7 heteroatoms. The number of rotatable bonds is 2. The molecule has 0 amide bonds. The fourth-order valence-corrected chi connectivity index (χ4v) is 3.80. The minimum absolute atomic E-state index is 0.271. The van der Waals surface area contributed by atoms with Crippen LogP contribution in [0.5, 0.6) is 5.88 Å². The molecular formula is C12H14N2O4S. The van der Waals surface area contributed by atoms with Crippen molar-refractivity contribution in [2.24, 2.45) is 0 Å². The summed E-state index contributed by atoms with van der Waals surface area (Å²) in [6.07, 6.45) is 0. The Balaban J connectivity index is 2.15. The van der Waals surface area contributed by atoms with Crippen LogP contribution >= 0.6 is 0 Å². The Labute approximate surface area is 111 Å². The Bertz CT molecular complexity index is 702. The van der Waals surface area contributed by atoms with Gasteiger partial charge in [-0.2, -0.15) is 16.7 Å². The van der Waals surface area contributed by atoms with Gasteiger partial charge in [-0.1, -0.05) is 18.2 Å². The van der Waals surface area contributed by atoms with Crippen molar-refractivity contribution in [1.82, 2.24) is 8.28 Å². The molecule has 0 atom stereocenters. The zero-order valence-electron chi connectivity index (χ0n) is 10.2. The van der Waals surface area contributed by atoms with Crippen LogP contribution in [0.25, 0.3) is 10.9 Å². The first-order valence-electron chi connectivity index (χ1n) is 5.98. The third-order valence-corrected chi connectivity index (χ3v) is 5.04. The van der Waals surface area contributed by atoms with Crippen LogP contribution in [0.3, 0.4) is 0 Å². The SMILES string of the molecule is O=S(=O)(N1CCOCC1)n1c(O)cc2ccccc21. The van der Waals surface area contributed by atoms with Crippen molar-refractivity contribution in [2.75, 3.05) is 26.3 Å². The Morgan fingerprint density at radius 3 is 2.58 bits per heavy atom. The minimum Gasteiger partial charge on any atom is -0.494 e. The van der Waals surface area contributed by atoms with Crippen LogP contribution in [-0.2, 0) is 14.9 Å². The zero-order chi connectivity index (χ0) is 13.5. The van der Waals surface area contributed by atoms with Gasteiger partial charge < -0.3 is 9.84 Å². The van der Waals surface area contributed by atoms with Crippen molar-refractivity contribution in [3.63, 3.8) is 0 Å². The maximum atomic E-state index is 12.6. The monoisotopic (exact) mass is 282 g/mol. The highest BCUT2D eigenvalue weighted by Gasteiger charge is 2.29. The molecule has 1 N–H and O–H groups in total. The van der Waals surface area contributed by atoms with Crippen LogP contribution in [0.2, 0.25) is 0 Å². The number of ether oxygens (including phenoxy) is 1. The van der Waals surface area contributed by atoms with Gasteiger partial charge in [-0.3, -0.25) is 0 Å². The van der Waals surface area contributed by atoms with E-state index in [2.05, 4.69) is 0 Å². The molecule has 0 aliphatic carbocycles. The maximum absolute atomic E-state index is 12.6. The van der Waals surface area contributed by atoms with E-state index in [1.807, 2.05) is 0 Å². The van der Waals surface area contributed by atoms with Gasteiger partial charge in [0, 0.05) is 24.5 Å². The number of aromatic nitrogens is 1. The number of hydrogen-bond acceptors (Lipinski definition) is 4. The molecule has 1 aliphatic rings. The van der Waals surface area contributed by atoms with E-state index in [0.29, 0.717) is 37.2 Å². The van der Waals surface area contributed by atoms with E-state index in [0.717, 1.165) is 3.97 Å². The molecule has 0 unspecified atom stereocenters. The lowest BCUT2D eigenvalue weighted by Gasteiger charge is -2.26. The summed E-state index contributed by atoms with van der Waals surface area (Å²) in [6, 6.07) is 8.43. The van der Waals surface area contributed by atoms with Crippen LogP contribution in [-0.4, -0.2) is 48.1 Å². The third-order valence-electron chi connectivity index (χ3n) is 3.18. The standard InChI is InChI=1S/C12H14N2O4S/c15-12-9-10-3-1-2-4-11(10)14(12)19(16,17)13-5-7-18-8-6-13/h1-4,9,15H,5-8H2. The van der Waals surface area contributed by atoms with Crippen molar-refractivity contribution in [2.45, 2.75) is 0 Å². The average molecular weight is 282 g/mol. The Morgan fingerprint density at radius 2 is 1.84 bits per heavy atom. The number of benzene rings is 1. The summed E-state index contributed by atoms with van der Waals surface area (Å²) in [5.41, 5.74) is 0.478. The predicted octanol–water partition coefficient (Wildman–Crippen LogP) is 0.772. The van der Waals surface area contributed by atoms with Crippen molar-refractivity contribution < 1.29 is 18.3 Å². The highest BCUT2D eigenvalue weighted by atomic mass is 32.2. The molecule has 102 valence electrons. The van der Waals surface area contributed by atoms with Crippen LogP contribution in [0.15, 0.2) is 30.3 Å². The summed E-state index contributed by atoms with van der Waals surface area (Å²) in [4.78, 5) is 0. The van der Waals surface area contributed by atoms with E-state index in [-0.39, 0.29) is 5.88 Å². The summed E-state index contributed by atoms with van der Waals surface area (Å²) >= 11 is 0. The molecule has 3 rings (SSSR count). The number of morpholine rings is 1. The van der Waals surface area contributed by atoms with E-state index in [1.54, 1.807) is 24.3 Å². The molecule has 2 aromatic rings. The van der Waals surface area contributed by atoms with Crippen molar-refractivity contribution in [3.8, 4) is 5.88 Å². The second-order valence-electron chi connectivity index (χ2n) is 4.34. The van der Waals surface area contributed by atoms with E-state index in [9.17, 15) is 13.5 Å². The smallest absolute Gasteiger partial charge is 0.311 e. The van der Waals surface area contributed by atoms with Crippen molar-refractivity contribution in [3.05, 3.63) is 30.3 Å². The van der Waals surface area contributed by atoms with Crippen LogP contribution in [0, 0.1) is 0 Å². The van der Waals surface area contributed by atoms with Gasteiger partial charge in [0.2, 0.25) is 5.88 Å². The first kappa shape index (κ1) is 12.5. The first-order chi connectivity index (χ1) is 9.10. The molecule has 0 spiro atoms. The molecule has 0 bridgehead atoms. The molecule has 1 fully saturated rings. The summed E-state index contributed by atoms with van der Waals surface area (Å²) in [5, 5.41) is 10.6. The maximum Gasteiger partial charge on any atom is 0.311 e. The largest absolute Gasteiger partial charge is 0.494 e. The van der Waals surface area contributed by atoms with E-state index < -0.39 is 10.2 Å². The summed E-state index contributed by atoms with van der Waals surface area (Å²) < 4.78 is 32.6. The van der Waals surface area contributed by atoms with Gasteiger partial charge >= 0.3 is 10.2 Å². The number of aromatic hydroxyl groups is 1. The molecule has 0 radical (unpaired) electrons. The summed E-state index contributed by atoms with van der Waals surface area (Å²) in [5.74, 6) is -0.271. The highest BCUT2D eigenvalue weighted by Crippen LogP contribution is 2.27. The Kier molecular flexibility index (Phi) is 2.96. The molecular weight excluding hydrogens is 268 g/mol. The fraction of sp³-hybridized carbons (Fsp3) is 0.333. The lowest BCUT2D eigenvalue weighted by molar-refractivity contribution is 0.0725. The van der Waals surface area contributed by atoms with E-state index >= 15 is 0 Å². The highest BCUT2D eigenvalue weighted by molar-refractivity contribution is 7.87. The molecule has 19 heavy (non-hydrogen) atoms. The normalized spacial score (nSPS) is 17.9. The van der Waals surface area contributed by atoms with Crippen molar-refractivity contribution in [1.29, 1.82) is 0 Å². The minimum atomic E-state index is -3.76. The van der Waals surface area contributed by atoms with Gasteiger partial charge in [-0.05, 0) is 6.07 Å². The van der Waals surface area contributed by atoms with E-state index in [4.69, 9.17) is 4.74 Å². The average Bonchev–Trinajstić information content (AvgIpc) is 2.76.